The van der Waals surface area contributed by atoms with E-state index in [9.17, 15) is 15.0 Å². The molecule has 0 aliphatic carbocycles. The third-order valence-corrected chi connectivity index (χ3v) is 3.25. The molecule has 3 heteroatoms. The molecule has 0 aromatic heterocycles. The van der Waals surface area contributed by atoms with Crippen molar-refractivity contribution in [3.63, 3.8) is 0 Å². The van der Waals surface area contributed by atoms with Crippen LogP contribution in [-0.2, 0) is 10.2 Å². The fourth-order valence-corrected chi connectivity index (χ4v) is 1.98. The number of phenolic OH excluding ortho intramolecular Hbond substituents is 1. The van der Waals surface area contributed by atoms with Crippen molar-refractivity contribution in [1.29, 1.82) is 0 Å². The Kier molecular flexibility index (Phi) is 4.16. The standard InChI is InChI=1S/C14H20O3/c1-4-5-8-14(3,13(16)17)11-9-10(2)6-7-12(11)15/h6-7,9,15H,4-5,8H2,1-3H3,(H,16,17). The first-order chi connectivity index (χ1) is 7.91. The largest absolute Gasteiger partial charge is 0.508 e. The van der Waals surface area contributed by atoms with E-state index in [-0.39, 0.29) is 5.75 Å². The van der Waals surface area contributed by atoms with Gasteiger partial charge in [0, 0.05) is 5.56 Å². The van der Waals surface area contributed by atoms with E-state index in [2.05, 4.69) is 0 Å². The number of carboxylic acid groups (broad SMARTS) is 1. The first kappa shape index (κ1) is 13.6. The van der Waals surface area contributed by atoms with Gasteiger partial charge in [0.2, 0.25) is 0 Å². The van der Waals surface area contributed by atoms with Gasteiger partial charge in [-0.2, -0.15) is 0 Å². The van der Waals surface area contributed by atoms with Gasteiger partial charge in [0.1, 0.15) is 5.75 Å². The zero-order chi connectivity index (χ0) is 13.1. The smallest absolute Gasteiger partial charge is 0.313 e. The quantitative estimate of drug-likeness (QED) is 0.825. The van der Waals surface area contributed by atoms with Crippen molar-refractivity contribution in [1.82, 2.24) is 0 Å². The minimum atomic E-state index is -1.01. The van der Waals surface area contributed by atoms with E-state index in [0.29, 0.717) is 12.0 Å². The lowest BCUT2D eigenvalue weighted by atomic mass is 9.77. The van der Waals surface area contributed by atoms with Crippen molar-refractivity contribution in [3.05, 3.63) is 29.3 Å². The molecule has 17 heavy (non-hydrogen) atoms. The van der Waals surface area contributed by atoms with Crippen LogP contribution in [-0.4, -0.2) is 16.2 Å². The Morgan fingerprint density at radius 2 is 2.06 bits per heavy atom. The molecule has 0 saturated heterocycles. The Morgan fingerprint density at radius 1 is 1.41 bits per heavy atom. The number of aromatic hydroxyl groups is 1. The summed E-state index contributed by atoms with van der Waals surface area (Å²) >= 11 is 0. The maximum Gasteiger partial charge on any atom is 0.313 e. The number of aryl methyl sites for hydroxylation is 1. The lowest BCUT2D eigenvalue weighted by molar-refractivity contribution is -0.143. The second-order valence-electron chi connectivity index (χ2n) is 4.76. The lowest BCUT2D eigenvalue weighted by Gasteiger charge is -2.26. The van der Waals surface area contributed by atoms with Crippen LogP contribution >= 0.6 is 0 Å². The minimum absolute atomic E-state index is 0.0663. The Morgan fingerprint density at radius 3 is 2.59 bits per heavy atom. The average Bonchev–Trinajstić information content (AvgIpc) is 2.29. The molecule has 0 aliphatic rings. The third kappa shape index (κ3) is 2.78. The van der Waals surface area contributed by atoms with E-state index in [0.717, 1.165) is 18.4 Å². The first-order valence-electron chi connectivity index (χ1n) is 5.95. The van der Waals surface area contributed by atoms with Crippen molar-refractivity contribution in [3.8, 4) is 5.75 Å². The molecular weight excluding hydrogens is 216 g/mol. The summed E-state index contributed by atoms with van der Waals surface area (Å²) in [7, 11) is 0. The predicted molar refractivity (Wildman–Crippen MR) is 67.4 cm³/mol. The predicted octanol–water partition coefficient (Wildman–Crippen LogP) is 3.23. The molecule has 0 amide bonds. The van der Waals surface area contributed by atoms with E-state index >= 15 is 0 Å². The monoisotopic (exact) mass is 236 g/mol. The summed E-state index contributed by atoms with van der Waals surface area (Å²) in [4.78, 5) is 11.5. The number of carboxylic acids is 1. The molecule has 0 spiro atoms. The minimum Gasteiger partial charge on any atom is -0.508 e. The normalized spacial score (nSPS) is 14.3. The highest BCUT2D eigenvalue weighted by Gasteiger charge is 2.36. The van der Waals surface area contributed by atoms with Gasteiger partial charge in [0.05, 0.1) is 5.41 Å². The van der Waals surface area contributed by atoms with E-state index in [1.807, 2.05) is 13.8 Å². The second kappa shape index (κ2) is 5.21. The van der Waals surface area contributed by atoms with E-state index in [1.54, 1.807) is 25.1 Å². The zero-order valence-electron chi connectivity index (χ0n) is 10.7. The topological polar surface area (TPSA) is 57.5 Å². The van der Waals surface area contributed by atoms with Gasteiger partial charge in [-0.25, -0.2) is 0 Å². The van der Waals surface area contributed by atoms with Crippen LogP contribution in [0.15, 0.2) is 18.2 Å². The van der Waals surface area contributed by atoms with Gasteiger partial charge in [0.15, 0.2) is 0 Å². The average molecular weight is 236 g/mol. The van der Waals surface area contributed by atoms with Crippen LogP contribution in [0.2, 0.25) is 0 Å². The van der Waals surface area contributed by atoms with Gasteiger partial charge in [-0.15, -0.1) is 0 Å². The molecule has 0 heterocycles. The number of hydrogen-bond acceptors (Lipinski definition) is 2. The van der Waals surface area contributed by atoms with E-state index in [1.165, 1.54) is 0 Å². The van der Waals surface area contributed by atoms with Crippen LogP contribution in [0.4, 0.5) is 0 Å². The molecule has 3 nitrogen and oxygen atoms in total. The summed E-state index contributed by atoms with van der Waals surface area (Å²) in [5.74, 6) is -0.816. The summed E-state index contributed by atoms with van der Waals surface area (Å²) in [5, 5.41) is 19.3. The highest BCUT2D eigenvalue weighted by molar-refractivity contribution is 5.82. The van der Waals surface area contributed by atoms with Gasteiger partial charge in [-0.05, 0) is 26.3 Å². The van der Waals surface area contributed by atoms with Crippen LogP contribution in [0.5, 0.6) is 5.75 Å². The van der Waals surface area contributed by atoms with Gasteiger partial charge in [-0.3, -0.25) is 4.79 Å². The summed E-state index contributed by atoms with van der Waals surface area (Å²) in [5.41, 5.74) is 0.465. The zero-order valence-corrected chi connectivity index (χ0v) is 10.7. The maximum absolute atomic E-state index is 11.5. The SMILES string of the molecule is CCCCC(C)(C(=O)O)c1cc(C)ccc1O. The summed E-state index contributed by atoms with van der Waals surface area (Å²) < 4.78 is 0. The number of phenols is 1. The fraction of sp³-hybridized carbons (Fsp3) is 0.500. The molecule has 0 fully saturated rings. The number of carbonyl (C=O) groups is 1. The second-order valence-corrected chi connectivity index (χ2v) is 4.76. The van der Waals surface area contributed by atoms with Crippen LogP contribution in [0.1, 0.15) is 44.2 Å². The van der Waals surface area contributed by atoms with Crippen LogP contribution in [0, 0.1) is 6.92 Å². The van der Waals surface area contributed by atoms with Crippen molar-refractivity contribution in [2.45, 2.75) is 45.4 Å². The fourth-order valence-electron chi connectivity index (χ4n) is 1.98. The van der Waals surface area contributed by atoms with Crippen molar-refractivity contribution < 1.29 is 15.0 Å². The first-order valence-corrected chi connectivity index (χ1v) is 5.95. The summed E-state index contributed by atoms with van der Waals surface area (Å²) in [6.45, 7) is 5.60. The van der Waals surface area contributed by atoms with Crippen LogP contribution in [0.25, 0.3) is 0 Å². The Balaban J connectivity index is 3.21. The maximum atomic E-state index is 11.5. The van der Waals surface area contributed by atoms with Crippen molar-refractivity contribution in [2.24, 2.45) is 0 Å². The highest BCUT2D eigenvalue weighted by atomic mass is 16.4. The molecule has 0 radical (unpaired) electrons. The molecule has 1 atom stereocenters. The molecule has 2 N–H and O–H groups in total. The van der Waals surface area contributed by atoms with Crippen LogP contribution < -0.4 is 0 Å². The molecular formula is C14H20O3. The lowest BCUT2D eigenvalue weighted by Crippen LogP contribution is -2.32. The molecule has 94 valence electrons. The molecule has 1 aromatic rings. The molecule has 0 saturated carbocycles. The number of aliphatic carboxylic acids is 1. The van der Waals surface area contributed by atoms with Gasteiger partial charge >= 0.3 is 5.97 Å². The highest BCUT2D eigenvalue weighted by Crippen LogP contribution is 2.36. The Bertz CT molecular complexity index is 412. The number of hydrogen-bond donors (Lipinski definition) is 2. The van der Waals surface area contributed by atoms with Gasteiger partial charge in [-0.1, -0.05) is 37.5 Å². The molecule has 0 aliphatic heterocycles. The van der Waals surface area contributed by atoms with Gasteiger partial charge in [0.25, 0.3) is 0 Å². The van der Waals surface area contributed by atoms with E-state index in [4.69, 9.17) is 0 Å². The van der Waals surface area contributed by atoms with E-state index < -0.39 is 11.4 Å². The number of benzene rings is 1. The number of rotatable bonds is 5. The number of unbranched alkanes of at least 4 members (excludes halogenated alkanes) is 1. The van der Waals surface area contributed by atoms with Crippen molar-refractivity contribution >= 4 is 5.97 Å². The molecule has 1 rings (SSSR count). The van der Waals surface area contributed by atoms with Crippen molar-refractivity contribution in [2.75, 3.05) is 0 Å². The molecule has 1 aromatic carbocycles. The van der Waals surface area contributed by atoms with Gasteiger partial charge < -0.3 is 10.2 Å². The summed E-state index contributed by atoms with van der Waals surface area (Å²) in [6, 6.07) is 5.11. The van der Waals surface area contributed by atoms with Crippen LogP contribution in [0.3, 0.4) is 0 Å². The third-order valence-electron chi connectivity index (χ3n) is 3.25. The molecule has 0 bridgehead atoms. The Hall–Kier alpha value is -1.51. The Labute approximate surface area is 102 Å². The molecule has 1 unspecified atom stereocenters. The summed E-state index contributed by atoms with van der Waals surface area (Å²) in [6.07, 6.45) is 2.31.